The van der Waals surface area contributed by atoms with E-state index < -0.39 is 0 Å². The van der Waals surface area contributed by atoms with Crippen molar-refractivity contribution in [3.63, 3.8) is 0 Å². The van der Waals surface area contributed by atoms with E-state index in [1.165, 1.54) is 23.1 Å². The van der Waals surface area contributed by atoms with Gasteiger partial charge < -0.3 is 10.2 Å². The maximum atomic E-state index is 12.5. The molecular weight excluding hydrogens is 272 g/mol. The predicted octanol–water partition coefficient (Wildman–Crippen LogP) is 2.40. The zero-order chi connectivity index (χ0) is 15.5. The van der Waals surface area contributed by atoms with Gasteiger partial charge in [0.2, 0.25) is 0 Å². The average Bonchev–Trinajstić information content (AvgIpc) is 2.50. The molecule has 3 rings (SSSR count). The molecular formula is C19H25N2O+. The quantitative estimate of drug-likeness (QED) is 0.896. The summed E-state index contributed by atoms with van der Waals surface area (Å²) < 4.78 is 0. The number of carbonyl (C=O) groups excluding carboxylic acids is 1. The highest BCUT2D eigenvalue weighted by molar-refractivity contribution is 6.03. The van der Waals surface area contributed by atoms with E-state index in [9.17, 15) is 4.79 Å². The van der Waals surface area contributed by atoms with Crippen LogP contribution in [-0.4, -0.2) is 25.5 Å². The van der Waals surface area contributed by atoms with Crippen LogP contribution in [0, 0.1) is 12.8 Å². The molecule has 0 saturated carbocycles. The lowest BCUT2D eigenvalue weighted by Crippen LogP contribution is -3.14. The van der Waals surface area contributed by atoms with Crippen LogP contribution in [-0.2, 0) is 4.79 Å². The summed E-state index contributed by atoms with van der Waals surface area (Å²) in [6.45, 7) is 7.14. The summed E-state index contributed by atoms with van der Waals surface area (Å²) in [5.41, 5.74) is 2.08. The molecule has 116 valence electrons. The minimum atomic E-state index is 0.128. The molecule has 1 saturated heterocycles. The van der Waals surface area contributed by atoms with Gasteiger partial charge >= 0.3 is 0 Å². The molecule has 2 aromatic carbocycles. The number of hydrogen-bond acceptors (Lipinski definition) is 1. The lowest BCUT2D eigenvalue weighted by molar-refractivity contribution is -0.900. The van der Waals surface area contributed by atoms with Gasteiger partial charge in [-0.2, -0.15) is 0 Å². The van der Waals surface area contributed by atoms with Gasteiger partial charge in [-0.3, -0.25) is 4.79 Å². The zero-order valence-corrected chi connectivity index (χ0v) is 13.5. The summed E-state index contributed by atoms with van der Waals surface area (Å²) in [7, 11) is 0. The molecule has 22 heavy (non-hydrogen) atoms. The van der Waals surface area contributed by atoms with Crippen LogP contribution in [0.1, 0.15) is 25.3 Å². The molecule has 0 bridgehead atoms. The SMILES string of the molecule is Cc1ccc2ccccc2c1NC(=O)C[NH+]1CCC[C@H](C)C1. The highest BCUT2D eigenvalue weighted by atomic mass is 16.2. The molecule has 3 nitrogen and oxygen atoms in total. The number of benzene rings is 2. The Morgan fingerprint density at radius 2 is 2.09 bits per heavy atom. The maximum Gasteiger partial charge on any atom is 0.279 e. The number of rotatable bonds is 3. The molecule has 1 aliphatic heterocycles. The van der Waals surface area contributed by atoms with Crippen molar-refractivity contribution < 1.29 is 9.69 Å². The molecule has 0 radical (unpaired) electrons. The second-order valence-electron chi connectivity index (χ2n) is 6.66. The Morgan fingerprint density at radius 3 is 2.91 bits per heavy atom. The van der Waals surface area contributed by atoms with Crippen molar-refractivity contribution in [1.82, 2.24) is 0 Å². The Morgan fingerprint density at radius 1 is 1.27 bits per heavy atom. The van der Waals surface area contributed by atoms with Gasteiger partial charge in [-0.15, -0.1) is 0 Å². The van der Waals surface area contributed by atoms with Gasteiger partial charge in [-0.05, 0) is 30.7 Å². The van der Waals surface area contributed by atoms with E-state index in [4.69, 9.17) is 0 Å². The highest BCUT2D eigenvalue weighted by Gasteiger charge is 2.22. The molecule has 2 atom stereocenters. The molecule has 2 N–H and O–H groups in total. The Bertz CT molecular complexity index is 680. The summed E-state index contributed by atoms with van der Waals surface area (Å²) in [6.07, 6.45) is 2.53. The first kappa shape index (κ1) is 15.0. The molecule has 1 fully saturated rings. The zero-order valence-electron chi connectivity index (χ0n) is 13.5. The third kappa shape index (κ3) is 3.30. The fourth-order valence-electron chi connectivity index (χ4n) is 3.52. The van der Waals surface area contributed by atoms with Crippen molar-refractivity contribution in [3.8, 4) is 0 Å². The topological polar surface area (TPSA) is 33.5 Å². The van der Waals surface area contributed by atoms with Crippen LogP contribution in [0.25, 0.3) is 10.8 Å². The van der Waals surface area contributed by atoms with Crippen molar-refractivity contribution in [2.24, 2.45) is 5.92 Å². The Labute approximate surface area is 132 Å². The molecule has 1 unspecified atom stereocenters. The number of quaternary nitrogens is 1. The van der Waals surface area contributed by atoms with Crippen LogP contribution in [0.2, 0.25) is 0 Å². The van der Waals surface area contributed by atoms with Gasteiger partial charge in [0.15, 0.2) is 6.54 Å². The van der Waals surface area contributed by atoms with Crippen LogP contribution >= 0.6 is 0 Å². The number of hydrogen-bond donors (Lipinski definition) is 2. The standard InChI is InChI=1S/C19H24N2O/c1-14-6-5-11-21(12-14)13-18(22)20-19-15(2)9-10-16-7-3-4-8-17(16)19/h3-4,7-10,14H,5-6,11-13H2,1-2H3,(H,20,22)/p+1/t14-/m0/s1. The molecule has 2 aromatic rings. The number of amides is 1. The molecule has 3 heteroatoms. The Kier molecular flexibility index (Phi) is 4.44. The Hall–Kier alpha value is -1.87. The van der Waals surface area contributed by atoms with Crippen LogP contribution in [0.4, 0.5) is 5.69 Å². The van der Waals surface area contributed by atoms with Crippen LogP contribution in [0.15, 0.2) is 36.4 Å². The summed E-state index contributed by atoms with van der Waals surface area (Å²) >= 11 is 0. The van der Waals surface area contributed by atoms with Crippen LogP contribution in [0.3, 0.4) is 0 Å². The molecule has 0 spiro atoms. The van der Waals surface area contributed by atoms with E-state index in [0.717, 1.165) is 35.6 Å². The number of carbonyl (C=O) groups is 1. The van der Waals surface area contributed by atoms with E-state index >= 15 is 0 Å². The third-order valence-electron chi connectivity index (χ3n) is 4.68. The lowest BCUT2D eigenvalue weighted by Gasteiger charge is -2.27. The monoisotopic (exact) mass is 297 g/mol. The number of aryl methyl sites for hydroxylation is 1. The minimum Gasteiger partial charge on any atom is -0.327 e. The van der Waals surface area contributed by atoms with Gasteiger partial charge in [-0.25, -0.2) is 0 Å². The number of anilines is 1. The second-order valence-corrected chi connectivity index (χ2v) is 6.66. The van der Waals surface area contributed by atoms with Crippen LogP contribution < -0.4 is 10.2 Å². The van der Waals surface area contributed by atoms with E-state index in [-0.39, 0.29) is 5.91 Å². The first-order valence-electron chi connectivity index (χ1n) is 8.25. The average molecular weight is 297 g/mol. The van der Waals surface area contributed by atoms with Gasteiger partial charge in [0, 0.05) is 11.3 Å². The van der Waals surface area contributed by atoms with Crippen molar-refractivity contribution in [1.29, 1.82) is 0 Å². The summed E-state index contributed by atoms with van der Waals surface area (Å²) in [5, 5.41) is 5.45. The number of likely N-dealkylation sites (tertiary alicyclic amines) is 1. The molecule has 1 amide bonds. The lowest BCUT2D eigenvalue weighted by atomic mass is 10.0. The van der Waals surface area contributed by atoms with E-state index in [0.29, 0.717) is 6.54 Å². The largest absolute Gasteiger partial charge is 0.327 e. The molecule has 0 aliphatic carbocycles. The highest BCUT2D eigenvalue weighted by Crippen LogP contribution is 2.26. The van der Waals surface area contributed by atoms with E-state index in [2.05, 4.69) is 43.4 Å². The molecule has 1 heterocycles. The maximum absolute atomic E-state index is 12.5. The van der Waals surface area contributed by atoms with Gasteiger partial charge in [-0.1, -0.05) is 43.3 Å². The summed E-state index contributed by atoms with van der Waals surface area (Å²) in [5.74, 6) is 0.861. The predicted molar refractivity (Wildman–Crippen MR) is 91.3 cm³/mol. The van der Waals surface area contributed by atoms with Crippen LogP contribution in [0.5, 0.6) is 0 Å². The van der Waals surface area contributed by atoms with Crippen molar-refractivity contribution >= 4 is 22.4 Å². The van der Waals surface area contributed by atoms with Gasteiger partial charge in [0.1, 0.15) is 0 Å². The first-order chi connectivity index (χ1) is 10.6. The fourth-order valence-corrected chi connectivity index (χ4v) is 3.52. The van der Waals surface area contributed by atoms with Crippen molar-refractivity contribution in [2.75, 3.05) is 25.0 Å². The van der Waals surface area contributed by atoms with Gasteiger partial charge in [0.25, 0.3) is 5.91 Å². The number of nitrogens with one attached hydrogen (secondary N) is 2. The molecule has 0 aromatic heterocycles. The number of fused-ring (bicyclic) bond motifs is 1. The normalized spacial score (nSPS) is 21.7. The third-order valence-corrected chi connectivity index (χ3v) is 4.68. The van der Waals surface area contributed by atoms with Crippen molar-refractivity contribution in [2.45, 2.75) is 26.7 Å². The van der Waals surface area contributed by atoms with Crippen molar-refractivity contribution in [3.05, 3.63) is 42.0 Å². The fraction of sp³-hybridized carbons (Fsp3) is 0.421. The molecule has 1 aliphatic rings. The second kappa shape index (κ2) is 6.49. The van der Waals surface area contributed by atoms with E-state index in [1.807, 2.05) is 12.1 Å². The first-order valence-corrected chi connectivity index (χ1v) is 8.25. The number of piperidine rings is 1. The van der Waals surface area contributed by atoms with E-state index in [1.54, 1.807) is 0 Å². The summed E-state index contributed by atoms with van der Waals surface area (Å²) in [4.78, 5) is 13.9. The Balaban J connectivity index is 1.75. The summed E-state index contributed by atoms with van der Waals surface area (Å²) in [6, 6.07) is 12.4. The smallest absolute Gasteiger partial charge is 0.279 e. The van der Waals surface area contributed by atoms with Gasteiger partial charge in [0.05, 0.1) is 18.8 Å². The minimum absolute atomic E-state index is 0.128.